The van der Waals surface area contributed by atoms with E-state index in [2.05, 4.69) is 117 Å². The van der Waals surface area contributed by atoms with Gasteiger partial charge in [-0.05, 0) is 57.5 Å². The Hall–Kier alpha value is -6.13. The van der Waals surface area contributed by atoms with E-state index in [1.54, 1.807) is 41.9 Å². The summed E-state index contributed by atoms with van der Waals surface area (Å²) in [5, 5.41) is 25.6. The van der Waals surface area contributed by atoms with Crippen molar-refractivity contribution in [2.45, 2.75) is 80.0 Å². The molecule has 3 aliphatic rings. The van der Waals surface area contributed by atoms with Crippen molar-refractivity contribution in [3.05, 3.63) is 110 Å². The average Bonchev–Trinajstić information content (AvgIpc) is 3.76. The smallest absolute Gasteiger partial charge is 0.254 e. The van der Waals surface area contributed by atoms with Crippen LogP contribution in [-0.2, 0) is 4.79 Å². The summed E-state index contributed by atoms with van der Waals surface area (Å²) in [6, 6.07) is 14.6. The van der Waals surface area contributed by atoms with Gasteiger partial charge in [0.2, 0.25) is 11.9 Å². The maximum atomic E-state index is 13.5. The molecule has 2 fully saturated rings. The van der Waals surface area contributed by atoms with Gasteiger partial charge in [-0.25, -0.2) is 9.97 Å². The summed E-state index contributed by atoms with van der Waals surface area (Å²) in [7, 11) is 0. The van der Waals surface area contributed by atoms with E-state index in [9.17, 15) is 14.9 Å². The Kier molecular flexibility index (Phi) is 12.4. The maximum absolute atomic E-state index is 13.5. The lowest BCUT2D eigenvalue weighted by Gasteiger charge is -2.63. The number of rotatable bonds is 10. The highest BCUT2D eigenvalue weighted by Gasteiger charge is 2.64. The van der Waals surface area contributed by atoms with Crippen LogP contribution in [0.25, 0.3) is 5.00 Å². The quantitative estimate of drug-likeness (QED) is 0.143. The number of carbonyl (C=O) groups is 2. The molecule has 64 heavy (non-hydrogen) atoms. The molecule has 1 atom stereocenters. The van der Waals surface area contributed by atoms with E-state index in [1.165, 1.54) is 4.88 Å². The highest BCUT2D eigenvalue weighted by molar-refractivity contribution is 7.15. The molecule has 1 aliphatic carbocycles. The lowest BCUT2D eigenvalue weighted by molar-refractivity contribution is -0.164. The summed E-state index contributed by atoms with van der Waals surface area (Å²) in [4.78, 5) is 46.3. The fourth-order valence-electron chi connectivity index (χ4n) is 9.45. The number of aryl methyl sites for hydroxylation is 2. The minimum absolute atomic E-state index is 0.0775. The van der Waals surface area contributed by atoms with Crippen molar-refractivity contribution in [2.75, 3.05) is 44.2 Å². The number of ether oxygens (including phenoxy) is 1. The molecule has 330 valence electrons. The molecule has 2 amide bonds. The zero-order valence-corrected chi connectivity index (χ0v) is 39.0. The summed E-state index contributed by atoms with van der Waals surface area (Å²) in [6.45, 7) is 20.6. The molecule has 1 saturated carbocycles. The summed E-state index contributed by atoms with van der Waals surface area (Å²) >= 11 is 7.95. The van der Waals surface area contributed by atoms with Crippen molar-refractivity contribution in [3.8, 4) is 28.7 Å². The minimum atomic E-state index is -0.489. The first kappa shape index (κ1) is 44.5. The van der Waals surface area contributed by atoms with Gasteiger partial charge < -0.3 is 20.3 Å². The third-order valence-corrected chi connectivity index (χ3v) is 14.2. The first-order chi connectivity index (χ1) is 30.6. The Morgan fingerprint density at radius 1 is 0.984 bits per heavy atom. The lowest BCUT2D eigenvalue weighted by Crippen LogP contribution is -2.74. The van der Waals surface area contributed by atoms with E-state index in [1.807, 2.05) is 26.0 Å². The minimum Gasteiger partial charge on any atom is -0.489 e. The molecule has 2 aromatic carbocycles. The van der Waals surface area contributed by atoms with Gasteiger partial charge in [-0.15, -0.1) is 21.5 Å². The average molecular weight is 899 g/mol. The number of fused-ring (bicyclic) bond motifs is 3. The molecule has 16 heteroatoms. The lowest BCUT2D eigenvalue weighted by atomic mass is 9.49. The second-order valence-electron chi connectivity index (χ2n) is 17.8. The highest BCUT2D eigenvalue weighted by atomic mass is 35.5. The molecule has 1 saturated heterocycles. The van der Waals surface area contributed by atoms with E-state index in [0.717, 1.165) is 65.0 Å². The van der Waals surface area contributed by atoms with Crippen molar-refractivity contribution < 1.29 is 14.3 Å². The number of carbonyl (C=O) groups excluding carboxylic acids is 2. The fraction of sp³-hybridized carbons (Fsp3) is 0.417. The zero-order chi connectivity index (χ0) is 45.5. The van der Waals surface area contributed by atoms with Crippen LogP contribution in [0.3, 0.4) is 0 Å². The Morgan fingerprint density at radius 3 is 2.34 bits per heavy atom. The molecule has 2 N–H and O–H groups in total. The molecular weight excluding hydrogens is 846 g/mol. The summed E-state index contributed by atoms with van der Waals surface area (Å²) in [5.41, 5.74) is 4.90. The van der Waals surface area contributed by atoms with Crippen LogP contribution < -0.4 is 20.3 Å². The number of benzene rings is 2. The van der Waals surface area contributed by atoms with Crippen LogP contribution in [0.1, 0.15) is 102 Å². The van der Waals surface area contributed by atoms with Gasteiger partial charge >= 0.3 is 0 Å². The number of nitrogens with zero attached hydrogens (tertiary/aromatic N) is 9. The SMILES string of the molecule is CCNC(=O)C[C@@H]1N=C(c2ccc(C#CCN3CCN(c4ncc(C(=O)NC5C(C)(C)C(Oc6ccc(C#N)c(Cl)c6)C5(C)C)cn4)CC3)cc2)c2c(sc(C)c2C)-n2c(C)nnc21. The number of aliphatic imine (C=N–C) groups is 1. The molecule has 5 aromatic rings. The second kappa shape index (κ2) is 17.8. The molecule has 2 aliphatic heterocycles. The molecule has 3 aromatic heterocycles. The topological polar surface area (TPSA) is 167 Å². The van der Waals surface area contributed by atoms with Crippen LogP contribution in [0, 0.1) is 54.8 Å². The standard InChI is InChI=1S/C48H52ClN11O3S/c1-9-51-38(61)24-37-41-57-56-30(4)60(41)43-39(28(2)29(3)64-43)40(54-37)32-14-12-31(13-15-32)11-10-18-58-19-21-59(22-20-58)46-52-26-34(27-53-46)42(62)55-44-47(5,6)45(48(44,7)8)63-35-17-16-33(25-50)36(49)23-35/h12-17,23,26-27,37,44-45H,9,18-22,24H2,1-8H3,(H,51,61)(H,55,62)/t37-,44?,45?/m0/s1. The van der Waals surface area contributed by atoms with Crippen molar-refractivity contribution in [2.24, 2.45) is 15.8 Å². The van der Waals surface area contributed by atoms with E-state index in [-0.39, 0.29) is 30.4 Å². The summed E-state index contributed by atoms with van der Waals surface area (Å²) in [6.07, 6.45) is 3.15. The van der Waals surface area contributed by atoms with Gasteiger partial charge in [-0.1, -0.05) is 63.3 Å². The van der Waals surface area contributed by atoms with E-state index in [4.69, 9.17) is 21.3 Å². The summed E-state index contributed by atoms with van der Waals surface area (Å²) < 4.78 is 8.44. The number of hydrogen-bond donors (Lipinski definition) is 2. The van der Waals surface area contributed by atoms with Gasteiger partial charge in [0.05, 0.1) is 34.8 Å². The van der Waals surface area contributed by atoms with Gasteiger partial charge in [0, 0.05) is 89.6 Å². The third kappa shape index (κ3) is 8.48. The zero-order valence-electron chi connectivity index (χ0n) is 37.4. The Labute approximate surface area is 383 Å². The Bertz CT molecular complexity index is 2720. The van der Waals surface area contributed by atoms with E-state index < -0.39 is 16.9 Å². The largest absolute Gasteiger partial charge is 0.489 e. The van der Waals surface area contributed by atoms with Crippen LogP contribution in [0.15, 0.2) is 59.9 Å². The van der Waals surface area contributed by atoms with Crippen LogP contribution in [-0.4, -0.2) is 98.6 Å². The van der Waals surface area contributed by atoms with Crippen molar-refractivity contribution in [3.63, 3.8) is 0 Å². The monoisotopic (exact) mass is 897 g/mol. The fourth-order valence-corrected chi connectivity index (χ4v) is 10.9. The Balaban J connectivity index is 0.859. The molecule has 8 rings (SSSR count). The number of nitrogens with one attached hydrogen (secondary N) is 2. The van der Waals surface area contributed by atoms with Gasteiger partial charge in [0.15, 0.2) is 5.82 Å². The molecule has 0 spiro atoms. The summed E-state index contributed by atoms with van der Waals surface area (Å²) in [5.74, 6) is 9.00. The first-order valence-electron chi connectivity index (χ1n) is 21.5. The number of halogens is 1. The number of amides is 2. The number of aromatic nitrogens is 5. The van der Waals surface area contributed by atoms with E-state index >= 15 is 0 Å². The van der Waals surface area contributed by atoms with Crippen LogP contribution in [0.2, 0.25) is 5.02 Å². The number of piperazine rings is 1. The van der Waals surface area contributed by atoms with Crippen LogP contribution >= 0.6 is 22.9 Å². The number of thiophene rings is 1. The normalized spacial score (nSPS) is 19.7. The highest BCUT2D eigenvalue weighted by Crippen LogP contribution is 2.55. The first-order valence-corrected chi connectivity index (χ1v) is 22.7. The molecule has 5 heterocycles. The van der Waals surface area contributed by atoms with Crippen LogP contribution in [0.5, 0.6) is 5.75 Å². The van der Waals surface area contributed by atoms with Crippen molar-refractivity contribution in [1.82, 2.24) is 40.3 Å². The molecule has 0 bridgehead atoms. The van der Waals surface area contributed by atoms with E-state index in [0.29, 0.717) is 46.8 Å². The predicted octanol–water partition coefficient (Wildman–Crippen LogP) is 6.77. The predicted molar refractivity (Wildman–Crippen MR) is 249 cm³/mol. The second-order valence-corrected chi connectivity index (χ2v) is 19.4. The van der Waals surface area contributed by atoms with Gasteiger partial charge in [0.25, 0.3) is 5.91 Å². The van der Waals surface area contributed by atoms with Gasteiger partial charge in [-0.3, -0.25) is 24.0 Å². The van der Waals surface area contributed by atoms with Gasteiger partial charge in [0.1, 0.15) is 34.8 Å². The Morgan fingerprint density at radius 2 is 1.69 bits per heavy atom. The molecule has 0 unspecified atom stereocenters. The van der Waals surface area contributed by atoms with Crippen molar-refractivity contribution in [1.29, 1.82) is 5.26 Å². The number of nitriles is 1. The number of anilines is 1. The third-order valence-electron chi connectivity index (χ3n) is 12.7. The van der Waals surface area contributed by atoms with Crippen LogP contribution in [0.4, 0.5) is 5.95 Å². The molecular formula is C48H52ClN11O3S. The van der Waals surface area contributed by atoms with Gasteiger partial charge in [-0.2, -0.15) is 5.26 Å². The number of hydrogen-bond acceptors (Lipinski definition) is 12. The molecule has 0 radical (unpaired) electrons. The maximum Gasteiger partial charge on any atom is 0.254 e. The van der Waals surface area contributed by atoms with Crippen molar-refractivity contribution >= 4 is 46.4 Å². The molecule has 14 nitrogen and oxygen atoms in total.